The summed E-state index contributed by atoms with van der Waals surface area (Å²) in [5.74, 6) is -0.363. The van der Waals surface area contributed by atoms with Crippen LogP contribution in [0.5, 0.6) is 5.75 Å². The number of nitrogens with zero attached hydrogens (tertiary/aromatic N) is 1. The molecule has 0 spiro atoms. The number of carbonyl (C=O) groups excluding carboxylic acids is 2. The monoisotopic (exact) mass is 511 g/mol. The second-order valence-corrected chi connectivity index (χ2v) is 10.7. The Bertz CT molecular complexity index is 1350. The Morgan fingerprint density at radius 1 is 0.842 bits per heavy atom. The second-order valence-electron chi connectivity index (χ2n) is 10.7. The topological polar surface area (TPSA) is 65.1 Å². The van der Waals surface area contributed by atoms with Crippen LogP contribution in [-0.4, -0.2) is 38.8 Å². The highest BCUT2D eigenvalue weighted by molar-refractivity contribution is 6.05. The molecule has 0 unspecified atom stereocenters. The average molecular weight is 512 g/mol. The normalized spacial score (nSPS) is 26.3. The summed E-state index contributed by atoms with van der Waals surface area (Å²) in [6.07, 6.45) is 2.76. The van der Waals surface area contributed by atoms with Crippen molar-refractivity contribution in [2.75, 3.05) is 26.2 Å². The van der Waals surface area contributed by atoms with E-state index in [4.69, 9.17) is 14.2 Å². The third-order valence-electron chi connectivity index (χ3n) is 9.56. The fourth-order valence-corrected chi connectivity index (χ4v) is 8.36. The fraction of sp³-hybridized carbons (Fsp3) is 0.375. The molecule has 0 saturated heterocycles. The number of rotatable bonds is 6. The van der Waals surface area contributed by atoms with Gasteiger partial charge in [0.25, 0.3) is 0 Å². The van der Waals surface area contributed by atoms with E-state index >= 15 is 0 Å². The molecule has 3 atom stereocenters. The number of carbonyl (C=O) groups is 2. The lowest BCUT2D eigenvalue weighted by molar-refractivity contribution is -0.174. The first kappa shape index (κ1) is 24.5. The minimum atomic E-state index is -1.49. The zero-order chi connectivity index (χ0) is 26.5. The smallest absolute Gasteiger partial charge is 0.325 e. The number of hydrogen-bond donors (Lipinski definition) is 0. The number of ether oxygens (including phenoxy) is 3. The van der Waals surface area contributed by atoms with Gasteiger partial charge in [0.05, 0.1) is 26.9 Å². The second kappa shape index (κ2) is 8.90. The molecule has 6 rings (SSSR count). The Hall–Kier alpha value is -3.80. The quantitative estimate of drug-likeness (QED) is 0.326. The predicted octanol–water partition coefficient (Wildman–Crippen LogP) is 5.40. The first-order chi connectivity index (χ1) is 18.5. The first-order valence-electron chi connectivity index (χ1n) is 13.2. The van der Waals surface area contributed by atoms with Crippen molar-refractivity contribution in [3.8, 4) is 5.75 Å². The van der Waals surface area contributed by atoms with Crippen molar-refractivity contribution in [2.45, 2.75) is 49.1 Å². The predicted molar refractivity (Wildman–Crippen MR) is 144 cm³/mol. The van der Waals surface area contributed by atoms with Gasteiger partial charge in [-0.25, -0.2) is 0 Å². The lowest BCUT2D eigenvalue weighted by Gasteiger charge is -2.50. The molecule has 196 valence electrons. The number of benzene rings is 3. The number of hydrogen-bond acceptors (Lipinski definition) is 6. The van der Waals surface area contributed by atoms with E-state index in [-0.39, 0.29) is 5.92 Å². The van der Waals surface area contributed by atoms with Crippen molar-refractivity contribution < 1.29 is 23.8 Å². The zero-order valence-corrected chi connectivity index (χ0v) is 22.1. The summed E-state index contributed by atoms with van der Waals surface area (Å²) in [5, 5.41) is 0. The molecule has 6 nitrogen and oxygen atoms in total. The highest BCUT2D eigenvalue weighted by Crippen LogP contribution is 2.77. The molecule has 1 heterocycles. The van der Waals surface area contributed by atoms with Gasteiger partial charge in [0.15, 0.2) is 5.41 Å². The lowest BCUT2D eigenvalue weighted by atomic mass is 9.61. The molecule has 1 aliphatic heterocycles. The van der Waals surface area contributed by atoms with E-state index in [0.29, 0.717) is 19.4 Å². The number of anilines is 1. The molecule has 2 fully saturated rings. The highest BCUT2D eigenvalue weighted by atomic mass is 16.5. The standard InChI is InChI=1S/C32H33NO5/c1-36-24-16-14-23(15-17-24)26-20-31(28(34)37-2,29(35)38-3)32-19-9-18-30(26,32)25-12-7-8-13-27(25)33(32)21-22-10-5-4-6-11-22/h4-8,10-17,26H,9,18-21H2,1-3H3/t26-,30-,32-/m1/s1. The first-order valence-corrected chi connectivity index (χ1v) is 13.2. The SMILES string of the molecule is COC(=O)C1(C(=O)OC)C[C@H](c2ccc(OC)cc2)[C@]23CCC[C@]12N(Cc1ccccc1)c1ccccc13. The molecule has 3 aromatic rings. The van der Waals surface area contributed by atoms with E-state index in [9.17, 15) is 9.59 Å². The van der Waals surface area contributed by atoms with Gasteiger partial charge in [-0.3, -0.25) is 9.59 Å². The van der Waals surface area contributed by atoms with Crippen LogP contribution in [0.3, 0.4) is 0 Å². The van der Waals surface area contributed by atoms with E-state index in [1.54, 1.807) is 7.11 Å². The lowest BCUT2D eigenvalue weighted by Crippen LogP contribution is -2.66. The van der Waals surface area contributed by atoms with Crippen LogP contribution in [0.15, 0.2) is 78.9 Å². The molecule has 3 aromatic carbocycles. The van der Waals surface area contributed by atoms with E-state index in [1.807, 2.05) is 36.4 Å². The number of fused-ring (bicyclic) bond motifs is 1. The maximum atomic E-state index is 14.1. The van der Waals surface area contributed by atoms with Gasteiger partial charge in [0.2, 0.25) is 0 Å². The largest absolute Gasteiger partial charge is 0.497 e. The van der Waals surface area contributed by atoms with Crippen LogP contribution in [0.2, 0.25) is 0 Å². The van der Waals surface area contributed by atoms with Gasteiger partial charge in [-0.15, -0.1) is 0 Å². The van der Waals surface area contributed by atoms with E-state index in [0.717, 1.165) is 35.4 Å². The third kappa shape index (κ3) is 2.89. The van der Waals surface area contributed by atoms with Crippen molar-refractivity contribution in [1.82, 2.24) is 0 Å². The van der Waals surface area contributed by atoms with Gasteiger partial charge in [0, 0.05) is 17.6 Å². The van der Waals surface area contributed by atoms with Crippen molar-refractivity contribution in [3.05, 3.63) is 95.6 Å². The summed E-state index contributed by atoms with van der Waals surface area (Å²) in [4.78, 5) is 30.5. The van der Waals surface area contributed by atoms with Crippen molar-refractivity contribution >= 4 is 17.6 Å². The van der Waals surface area contributed by atoms with Gasteiger partial charge < -0.3 is 19.1 Å². The fourth-order valence-electron chi connectivity index (χ4n) is 8.36. The molecule has 38 heavy (non-hydrogen) atoms. The molecular formula is C32H33NO5. The molecule has 2 saturated carbocycles. The maximum absolute atomic E-state index is 14.1. The van der Waals surface area contributed by atoms with Crippen LogP contribution >= 0.6 is 0 Å². The van der Waals surface area contributed by atoms with E-state index in [2.05, 4.69) is 47.4 Å². The molecule has 6 heteroatoms. The van der Waals surface area contributed by atoms with Crippen molar-refractivity contribution in [3.63, 3.8) is 0 Å². The zero-order valence-electron chi connectivity index (χ0n) is 22.1. The average Bonchev–Trinajstić information content (AvgIpc) is 3.56. The Labute approximate surface area is 223 Å². The van der Waals surface area contributed by atoms with Gasteiger partial charge in [0.1, 0.15) is 5.75 Å². The summed E-state index contributed by atoms with van der Waals surface area (Å²) >= 11 is 0. The van der Waals surface area contributed by atoms with Crippen molar-refractivity contribution in [2.24, 2.45) is 5.41 Å². The Balaban J connectivity index is 1.67. The summed E-state index contributed by atoms with van der Waals surface area (Å²) in [6, 6.07) is 26.8. The number of para-hydroxylation sites is 1. The highest BCUT2D eigenvalue weighted by Gasteiger charge is 2.84. The minimum Gasteiger partial charge on any atom is -0.497 e. The molecular weight excluding hydrogens is 478 g/mol. The Kier molecular flexibility index (Phi) is 5.74. The van der Waals surface area contributed by atoms with E-state index < -0.39 is 28.3 Å². The van der Waals surface area contributed by atoms with Crippen molar-refractivity contribution in [1.29, 1.82) is 0 Å². The van der Waals surface area contributed by atoms with Crippen LogP contribution in [0.4, 0.5) is 5.69 Å². The van der Waals surface area contributed by atoms with Crippen LogP contribution in [0.25, 0.3) is 0 Å². The molecule has 2 aliphatic carbocycles. The molecule has 0 bridgehead atoms. The Morgan fingerprint density at radius 2 is 1.50 bits per heavy atom. The molecule has 3 aliphatic rings. The van der Waals surface area contributed by atoms with Gasteiger partial charge in [-0.05, 0) is 60.1 Å². The molecule has 0 N–H and O–H groups in total. The van der Waals surface area contributed by atoms with Gasteiger partial charge in [-0.2, -0.15) is 0 Å². The Morgan fingerprint density at radius 3 is 2.16 bits per heavy atom. The summed E-state index contributed by atoms with van der Waals surface area (Å²) in [5.41, 5.74) is 1.67. The van der Waals surface area contributed by atoms with E-state index in [1.165, 1.54) is 19.8 Å². The molecule has 0 radical (unpaired) electrons. The van der Waals surface area contributed by atoms with Crippen LogP contribution in [-0.2, 0) is 31.0 Å². The maximum Gasteiger partial charge on any atom is 0.325 e. The summed E-state index contributed by atoms with van der Waals surface area (Å²) in [7, 11) is 4.41. The van der Waals surface area contributed by atoms with Gasteiger partial charge >= 0.3 is 11.9 Å². The van der Waals surface area contributed by atoms with Crippen LogP contribution in [0, 0.1) is 5.41 Å². The summed E-state index contributed by atoms with van der Waals surface area (Å²) in [6.45, 7) is 0.574. The third-order valence-corrected chi connectivity index (χ3v) is 9.56. The molecule has 0 aromatic heterocycles. The van der Waals surface area contributed by atoms with Crippen LogP contribution < -0.4 is 9.64 Å². The molecule has 0 amide bonds. The number of esters is 2. The van der Waals surface area contributed by atoms with Gasteiger partial charge in [-0.1, -0.05) is 67.1 Å². The number of methoxy groups -OCH3 is 3. The minimum absolute atomic E-state index is 0.101. The van der Waals surface area contributed by atoms with Crippen LogP contribution in [0.1, 0.15) is 48.3 Å². The summed E-state index contributed by atoms with van der Waals surface area (Å²) < 4.78 is 16.4.